The second-order valence-electron chi connectivity index (χ2n) is 7.66. The molecule has 0 aliphatic heterocycles. The van der Waals surface area contributed by atoms with Crippen molar-refractivity contribution in [3.63, 3.8) is 0 Å². The van der Waals surface area contributed by atoms with Gasteiger partial charge in [-0.2, -0.15) is 0 Å². The second kappa shape index (κ2) is 7.05. The van der Waals surface area contributed by atoms with Gasteiger partial charge in [0.05, 0.1) is 9.09 Å². The Bertz CT molecular complexity index is 861. The summed E-state index contributed by atoms with van der Waals surface area (Å²) in [5.74, 6) is -0.546. The lowest BCUT2D eigenvalue weighted by molar-refractivity contribution is 0.0184. The van der Waals surface area contributed by atoms with Crippen LogP contribution in [0.25, 0.3) is 10.9 Å². The zero-order chi connectivity index (χ0) is 19.9. The molecule has 8 heteroatoms. The maximum atomic E-state index is 13.9. The molecule has 6 nitrogen and oxygen atoms in total. The summed E-state index contributed by atoms with van der Waals surface area (Å²) in [7, 11) is 0. The molecule has 1 aromatic carbocycles. The van der Waals surface area contributed by atoms with Gasteiger partial charge in [-0.05, 0) is 76.3 Å². The first kappa shape index (κ1) is 20.5. The van der Waals surface area contributed by atoms with Crippen LogP contribution in [0.3, 0.4) is 0 Å². The van der Waals surface area contributed by atoms with Gasteiger partial charge in [0.2, 0.25) is 5.88 Å². The third kappa shape index (κ3) is 4.87. The fourth-order valence-electron chi connectivity index (χ4n) is 2.12. The Kier molecular flexibility index (Phi) is 5.55. The van der Waals surface area contributed by atoms with Gasteiger partial charge < -0.3 is 14.2 Å². The minimum atomic E-state index is -0.972. The number of aromatic nitrogens is 1. The van der Waals surface area contributed by atoms with Gasteiger partial charge in [-0.3, -0.25) is 0 Å². The van der Waals surface area contributed by atoms with Crippen molar-refractivity contribution in [3.05, 3.63) is 27.6 Å². The number of fused-ring (bicyclic) bond motifs is 1. The molecule has 0 radical (unpaired) electrons. The summed E-state index contributed by atoms with van der Waals surface area (Å²) >= 11 is 1.83. The minimum absolute atomic E-state index is 0.105. The standard InChI is InChI=1S/C18H21FINO5/c1-17(2,3)25-15(22)21-12-8-7-11(19)14(20)10(12)9-13(21)24-16(23)26-18(4,5)6/h7-9H,1-6H3. The lowest BCUT2D eigenvalue weighted by Crippen LogP contribution is -2.29. The monoisotopic (exact) mass is 477 g/mol. The van der Waals surface area contributed by atoms with Crippen molar-refractivity contribution in [2.75, 3.05) is 0 Å². The summed E-state index contributed by atoms with van der Waals surface area (Å²) in [4.78, 5) is 24.7. The van der Waals surface area contributed by atoms with Crippen molar-refractivity contribution >= 4 is 45.7 Å². The van der Waals surface area contributed by atoms with Crippen molar-refractivity contribution in [1.82, 2.24) is 4.57 Å². The number of benzene rings is 1. The molecule has 0 aliphatic rings. The smallest absolute Gasteiger partial charge is 0.443 e. The van der Waals surface area contributed by atoms with Crippen LogP contribution >= 0.6 is 22.6 Å². The fourth-order valence-corrected chi connectivity index (χ4v) is 2.73. The van der Waals surface area contributed by atoms with Crippen LogP contribution in [0.1, 0.15) is 41.5 Å². The highest BCUT2D eigenvalue weighted by molar-refractivity contribution is 14.1. The molecule has 0 unspecified atom stereocenters. The number of hydrogen-bond donors (Lipinski definition) is 0. The molecule has 2 rings (SSSR count). The van der Waals surface area contributed by atoms with Gasteiger partial charge in [0.25, 0.3) is 0 Å². The van der Waals surface area contributed by atoms with Crippen molar-refractivity contribution in [1.29, 1.82) is 0 Å². The van der Waals surface area contributed by atoms with Crippen LogP contribution in [0.4, 0.5) is 14.0 Å². The topological polar surface area (TPSA) is 66.8 Å². The van der Waals surface area contributed by atoms with E-state index in [2.05, 4.69) is 0 Å². The van der Waals surface area contributed by atoms with Crippen LogP contribution in [-0.2, 0) is 9.47 Å². The summed E-state index contributed by atoms with van der Waals surface area (Å²) in [6.07, 6.45) is -1.71. The average molecular weight is 477 g/mol. The predicted molar refractivity (Wildman–Crippen MR) is 103 cm³/mol. The maximum absolute atomic E-state index is 13.9. The Morgan fingerprint density at radius 1 is 1.04 bits per heavy atom. The number of halogens is 2. The number of nitrogens with zero attached hydrogens (tertiary/aromatic N) is 1. The molecule has 0 amide bonds. The van der Waals surface area contributed by atoms with E-state index in [1.165, 1.54) is 18.2 Å². The van der Waals surface area contributed by atoms with Crippen molar-refractivity contribution in [3.8, 4) is 5.88 Å². The van der Waals surface area contributed by atoms with Gasteiger partial charge in [0.1, 0.15) is 17.0 Å². The third-order valence-electron chi connectivity index (χ3n) is 2.99. The molecular weight excluding hydrogens is 456 g/mol. The summed E-state index contributed by atoms with van der Waals surface area (Å²) in [5.41, 5.74) is -1.16. The summed E-state index contributed by atoms with van der Waals surface area (Å²) in [5, 5.41) is 0.426. The van der Waals surface area contributed by atoms with E-state index in [4.69, 9.17) is 14.2 Å². The van der Waals surface area contributed by atoms with Crippen molar-refractivity contribution in [2.24, 2.45) is 0 Å². The van der Waals surface area contributed by atoms with Crippen LogP contribution < -0.4 is 4.74 Å². The Morgan fingerprint density at radius 2 is 1.62 bits per heavy atom. The van der Waals surface area contributed by atoms with Gasteiger partial charge in [-0.1, -0.05) is 0 Å². The van der Waals surface area contributed by atoms with Gasteiger partial charge in [0, 0.05) is 11.5 Å². The van der Waals surface area contributed by atoms with Gasteiger partial charge in [0.15, 0.2) is 0 Å². The van der Waals surface area contributed by atoms with E-state index < -0.39 is 29.3 Å². The van der Waals surface area contributed by atoms with Crippen molar-refractivity contribution < 1.29 is 28.2 Å². The Balaban J connectivity index is 2.53. The molecule has 0 spiro atoms. The number of carbonyl (C=O) groups is 2. The third-order valence-corrected chi connectivity index (χ3v) is 4.09. The maximum Gasteiger partial charge on any atom is 0.515 e. The molecular formula is C18H21FINO5. The SMILES string of the molecule is CC(C)(C)OC(=O)Oc1cc2c(I)c(F)ccc2n1C(=O)OC(C)(C)C. The molecule has 1 heterocycles. The summed E-state index contributed by atoms with van der Waals surface area (Å²) in [6, 6.07) is 4.08. The highest BCUT2D eigenvalue weighted by Gasteiger charge is 2.27. The molecule has 0 bridgehead atoms. The molecule has 1 aromatic heterocycles. The summed E-state index contributed by atoms with van der Waals surface area (Å²) in [6.45, 7) is 10.2. The quantitative estimate of drug-likeness (QED) is 0.402. The molecule has 26 heavy (non-hydrogen) atoms. The molecule has 142 valence electrons. The van der Waals surface area contributed by atoms with Crippen LogP contribution in [0.15, 0.2) is 18.2 Å². The lowest BCUT2D eigenvalue weighted by Gasteiger charge is -2.21. The Morgan fingerprint density at radius 3 is 2.15 bits per heavy atom. The van der Waals surface area contributed by atoms with Crippen LogP contribution in [0.5, 0.6) is 5.88 Å². The van der Waals surface area contributed by atoms with E-state index >= 15 is 0 Å². The first-order valence-corrected chi connectivity index (χ1v) is 9.00. The minimum Gasteiger partial charge on any atom is -0.443 e. The van der Waals surface area contributed by atoms with E-state index in [1.807, 2.05) is 22.6 Å². The van der Waals surface area contributed by atoms with Gasteiger partial charge in [-0.25, -0.2) is 18.5 Å². The first-order valence-electron chi connectivity index (χ1n) is 7.92. The molecule has 0 fully saturated rings. The van der Waals surface area contributed by atoms with E-state index in [1.54, 1.807) is 41.5 Å². The van der Waals surface area contributed by atoms with Gasteiger partial charge >= 0.3 is 12.2 Å². The highest BCUT2D eigenvalue weighted by Crippen LogP contribution is 2.32. The fraction of sp³-hybridized carbons (Fsp3) is 0.444. The zero-order valence-electron chi connectivity index (χ0n) is 15.5. The number of rotatable bonds is 1. The van der Waals surface area contributed by atoms with Crippen molar-refractivity contribution in [2.45, 2.75) is 52.7 Å². The van der Waals surface area contributed by atoms with E-state index in [9.17, 15) is 14.0 Å². The molecule has 0 N–H and O–H groups in total. The van der Waals surface area contributed by atoms with Crippen LogP contribution in [0.2, 0.25) is 0 Å². The zero-order valence-corrected chi connectivity index (χ0v) is 17.6. The molecule has 0 aliphatic carbocycles. The van der Waals surface area contributed by atoms with Crippen LogP contribution in [0, 0.1) is 9.39 Å². The van der Waals surface area contributed by atoms with E-state index in [0.29, 0.717) is 14.5 Å². The van der Waals surface area contributed by atoms with E-state index in [-0.39, 0.29) is 5.88 Å². The Labute approximate surface area is 164 Å². The van der Waals surface area contributed by atoms with Crippen LogP contribution in [-0.4, -0.2) is 28.0 Å². The summed E-state index contributed by atoms with van der Waals surface area (Å²) < 4.78 is 31.0. The number of carbonyl (C=O) groups excluding carboxylic acids is 2. The normalized spacial score (nSPS) is 12.2. The Hall–Kier alpha value is -1.84. The first-order chi connectivity index (χ1) is 11.8. The number of ether oxygens (including phenoxy) is 3. The largest absolute Gasteiger partial charge is 0.515 e. The average Bonchev–Trinajstić information content (AvgIpc) is 2.77. The molecule has 0 saturated carbocycles. The molecule has 2 aromatic rings. The van der Waals surface area contributed by atoms with Gasteiger partial charge in [-0.15, -0.1) is 0 Å². The number of hydrogen-bond acceptors (Lipinski definition) is 5. The second-order valence-corrected chi connectivity index (χ2v) is 8.74. The van der Waals surface area contributed by atoms with E-state index in [0.717, 1.165) is 4.57 Å². The highest BCUT2D eigenvalue weighted by atomic mass is 127. The lowest BCUT2D eigenvalue weighted by atomic mass is 10.2. The molecule has 0 atom stereocenters. The molecule has 0 saturated heterocycles. The predicted octanol–water partition coefficient (Wildman–Crippen LogP) is 5.48.